The number of phenolic OH excluding ortho intramolecular Hbond substituents is 1. The third-order valence-corrected chi connectivity index (χ3v) is 3.09. The highest BCUT2D eigenvalue weighted by Crippen LogP contribution is 2.27. The molecule has 0 bridgehead atoms. The van der Waals surface area contributed by atoms with Gasteiger partial charge in [-0.25, -0.2) is 0 Å². The van der Waals surface area contributed by atoms with Gasteiger partial charge in [0, 0.05) is 0 Å². The van der Waals surface area contributed by atoms with Crippen LogP contribution in [0.25, 0.3) is 0 Å². The van der Waals surface area contributed by atoms with Gasteiger partial charge in [0.05, 0.1) is 12.3 Å². The van der Waals surface area contributed by atoms with Crippen LogP contribution in [0.2, 0.25) is 0 Å². The molecule has 1 aromatic rings. The monoisotopic (exact) mass is 271 g/mol. The van der Waals surface area contributed by atoms with Crippen LogP contribution in [0.3, 0.4) is 0 Å². The largest absolute Gasteiger partial charge is 0.506 e. The molecule has 7 nitrogen and oxygen atoms in total. The SMILES string of the molecule is OC[C@@H]1O[C@H](Nc2ccccc2O)[C@@H](O)[C@H](O)[C@@H]1O. The lowest BCUT2D eigenvalue weighted by Gasteiger charge is -2.40. The van der Waals surface area contributed by atoms with Crippen molar-refractivity contribution in [2.75, 3.05) is 11.9 Å². The molecule has 1 saturated heterocycles. The third kappa shape index (κ3) is 2.80. The topological polar surface area (TPSA) is 122 Å². The van der Waals surface area contributed by atoms with Crippen molar-refractivity contribution in [3.63, 3.8) is 0 Å². The maximum Gasteiger partial charge on any atom is 0.157 e. The van der Waals surface area contributed by atoms with E-state index < -0.39 is 37.3 Å². The first-order valence-corrected chi connectivity index (χ1v) is 5.89. The van der Waals surface area contributed by atoms with Crippen LogP contribution < -0.4 is 5.32 Å². The van der Waals surface area contributed by atoms with Gasteiger partial charge in [0.1, 0.15) is 30.2 Å². The number of ether oxygens (including phenoxy) is 1. The van der Waals surface area contributed by atoms with Crippen LogP contribution in [0.15, 0.2) is 24.3 Å². The minimum Gasteiger partial charge on any atom is -0.506 e. The fourth-order valence-electron chi connectivity index (χ4n) is 1.97. The van der Waals surface area contributed by atoms with Gasteiger partial charge in [-0.15, -0.1) is 0 Å². The van der Waals surface area contributed by atoms with E-state index in [9.17, 15) is 20.4 Å². The normalized spacial score (nSPS) is 35.1. The van der Waals surface area contributed by atoms with Crippen molar-refractivity contribution < 1.29 is 30.3 Å². The molecule has 0 radical (unpaired) electrons. The van der Waals surface area contributed by atoms with Crippen LogP contribution in [0, 0.1) is 0 Å². The van der Waals surface area contributed by atoms with Crippen LogP contribution in [-0.4, -0.2) is 62.8 Å². The molecule has 0 saturated carbocycles. The highest BCUT2D eigenvalue weighted by molar-refractivity contribution is 5.55. The lowest BCUT2D eigenvalue weighted by molar-refractivity contribution is -0.221. The van der Waals surface area contributed by atoms with Crippen LogP contribution in [0.5, 0.6) is 5.75 Å². The van der Waals surface area contributed by atoms with Crippen LogP contribution in [0.1, 0.15) is 0 Å². The van der Waals surface area contributed by atoms with E-state index in [0.29, 0.717) is 5.69 Å². The molecule has 5 atom stereocenters. The summed E-state index contributed by atoms with van der Waals surface area (Å²) in [6.45, 7) is -0.496. The number of benzene rings is 1. The van der Waals surface area contributed by atoms with E-state index in [-0.39, 0.29) is 5.75 Å². The molecule has 106 valence electrons. The Bertz CT molecular complexity index is 426. The highest BCUT2D eigenvalue weighted by atomic mass is 16.6. The number of nitrogens with one attached hydrogen (secondary N) is 1. The quantitative estimate of drug-likeness (QED) is 0.374. The van der Waals surface area contributed by atoms with E-state index in [2.05, 4.69) is 5.32 Å². The van der Waals surface area contributed by atoms with Gasteiger partial charge >= 0.3 is 0 Å². The Morgan fingerprint density at radius 2 is 1.74 bits per heavy atom. The number of hydrogen-bond donors (Lipinski definition) is 6. The Kier molecular flexibility index (Phi) is 4.23. The van der Waals surface area contributed by atoms with Crippen LogP contribution >= 0.6 is 0 Å². The lowest BCUT2D eigenvalue weighted by Crippen LogP contribution is -2.60. The first-order valence-electron chi connectivity index (χ1n) is 5.89. The van der Waals surface area contributed by atoms with Crippen molar-refractivity contribution in [3.05, 3.63) is 24.3 Å². The summed E-state index contributed by atoms with van der Waals surface area (Å²) in [5.74, 6) is -0.0422. The van der Waals surface area contributed by atoms with Crippen molar-refractivity contribution in [1.82, 2.24) is 0 Å². The summed E-state index contributed by atoms with van der Waals surface area (Å²) in [5, 5.41) is 50.4. The Hall–Kier alpha value is -1.38. The number of aromatic hydroxyl groups is 1. The van der Waals surface area contributed by atoms with E-state index >= 15 is 0 Å². The van der Waals surface area contributed by atoms with Crippen LogP contribution in [0.4, 0.5) is 5.69 Å². The molecule has 1 fully saturated rings. The molecule has 2 rings (SSSR count). The number of phenols is 1. The fraction of sp³-hybridized carbons (Fsp3) is 0.500. The van der Waals surface area contributed by atoms with Gasteiger partial charge < -0.3 is 35.6 Å². The average Bonchev–Trinajstić information content (AvgIpc) is 2.41. The van der Waals surface area contributed by atoms with E-state index in [1.807, 2.05) is 0 Å². The molecule has 0 aromatic heterocycles. The van der Waals surface area contributed by atoms with Crippen molar-refractivity contribution in [3.8, 4) is 5.75 Å². The molecule has 6 N–H and O–H groups in total. The maximum absolute atomic E-state index is 9.81. The fourth-order valence-corrected chi connectivity index (χ4v) is 1.97. The zero-order valence-corrected chi connectivity index (χ0v) is 10.0. The minimum absolute atomic E-state index is 0.0422. The lowest BCUT2D eigenvalue weighted by atomic mass is 9.98. The second-order valence-corrected chi connectivity index (χ2v) is 4.41. The number of rotatable bonds is 3. The zero-order valence-electron chi connectivity index (χ0n) is 10.0. The van der Waals surface area contributed by atoms with E-state index in [0.717, 1.165) is 0 Å². The smallest absolute Gasteiger partial charge is 0.157 e. The summed E-state index contributed by atoms with van der Waals surface area (Å²) in [5.41, 5.74) is 0.312. The number of hydrogen-bond acceptors (Lipinski definition) is 7. The van der Waals surface area contributed by atoms with Gasteiger partial charge in [0.2, 0.25) is 0 Å². The summed E-state index contributed by atoms with van der Waals surface area (Å²) in [6, 6.07) is 6.32. The van der Waals surface area contributed by atoms with Crippen molar-refractivity contribution in [2.45, 2.75) is 30.6 Å². The van der Waals surface area contributed by atoms with Gasteiger partial charge in [-0.2, -0.15) is 0 Å². The Morgan fingerprint density at radius 3 is 2.37 bits per heavy atom. The van der Waals surface area contributed by atoms with Gasteiger partial charge in [0.25, 0.3) is 0 Å². The van der Waals surface area contributed by atoms with Gasteiger partial charge in [0.15, 0.2) is 6.23 Å². The predicted molar refractivity (Wildman–Crippen MR) is 65.5 cm³/mol. The summed E-state index contributed by atoms with van der Waals surface area (Å²) in [7, 11) is 0. The second kappa shape index (κ2) is 5.72. The summed E-state index contributed by atoms with van der Waals surface area (Å²) >= 11 is 0. The summed E-state index contributed by atoms with van der Waals surface area (Å²) in [4.78, 5) is 0. The molecule has 0 amide bonds. The molecule has 0 aliphatic carbocycles. The number of para-hydroxylation sites is 2. The zero-order chi connectivity index (χ0) is 14.0. The van der Waals surface area contributed by atoms with Crippen LogP contribution in [-0.2, 0) is 4.74 Å². The van der Waals surface area contributed by atoms with Gasteiger partial charge in [-0.05, 0) is 12.1 Å². The number of aliphatic hydroxyl groups is 4. The van der Waals surface area contributed by atoms with E-state index in [4.69, 9.17) is 9.84 Å². The molecule has 1 aromatic carbocycles. The summed E-state index contributed by atoms with van der Waals surface area (Å²) < 4.78 is 5.26. The summed E-state index contributed by atoms with van der Waals surface area (Å²) in [6.07, 6.45) is -6.28. The van der Waals surface area contributed by atoms with Gasteiger partial charge in [-0.1, -0.05) is 12.1 Å². The number of anilines is 1. The molecule has 7 heteroatoms. The molecule has 0 spiro atoms. The molecular weight excluding hydrogens is 254 g/mol. The molecule has 0 unspecified atom stereocenters. The second-order valence-electron chi connectivity index (χ2n) is 4.41. The number of aliphatic hydroxyl groups excluding tert-OH is 4. The molecule has 1 heterocycles. The molecule has 1 aliphatic heterocycles. The first kappa shape index (κ1) is 14.0. The average molecular weight is 271 g/mol. The maximum atomic E-state index is 9.81. The molecular formula is C12H17NO6. The first-order chi connectivity index (χ1) is 9.04. The Labute approximate surface area is 109 Å². The van der Waals surface area contributed by atoms with Crippen molar-refractivity contribution in [1.29, 1.82) is 0 Å². The third-order valence-electron chi connectivity index (χ3n) is 3.09. The van der Waals surface area contributed by atoms with Gasteiger partial charge in [-0.3, -0.25) is 0 Å². The Balaban J connectivity index is 2.13. The van der Waals surface area contributed by atoms with E-state index in [1.54, 1.807) is 18.2 Å². The Morgan fingerprint density at radius 1 is 1.05 bits per heavy atom. The molecule has 1 aliphatic rings. The van der Waals surface area contributed by atoms with E-state index in [1.165, 1.54) is 6.07 Å². The van der Waals surface area contributed by atoms with Crippen molar-refractivity contribution >= 4 is 5.69 Å². The predicted octanol–water partition coefficient (Wildman–Crippen LogP) is -1.40. The molecule has 19 heavy (non-hydrogen) atoms. The minimum atomic E-state index is -1.45. The highest BCUT2D eigenvalue weighted by Gasteiger charge is 2.43. The van der Waals surface area contributed by atoms with Crippen molar-refractivity contribution in [2.24, 2.45) is 0 Å². The standard InChI is InChI=1S/C12H17NO6/c14-5-8-9(16)10(17)11(18)12(19-8)13-6-3-1-2-4-7(6)15/h1-4,8-18H,5H2/t8-,9+,10+,11-,12-/m0/s1.